The second kappa shape index (κ2) is 2.51. The van der Waals surface area contributed by atoms with E-state index in [4.69, 9.17) is 0 Å². The Balaban J connectivity index is 3.79. The molecule has 0 heterocycles. The molecule has 1 nitrogen and oxygen atoms in total. The molecule has 0 N–H and O–H groups in total. The van der Waals surface area contributed by atoms with Gasteiger partial charge in [0.05, 0.1) is 0 Å². The zero-order chi connectivity index (χ0) is 6.08. The first-order valence-corrected chi connectivity index (χ1v) is 3.37. The highest BCUT2D eigenvalue weighted by Crippen LogP contribution is 2.25. The van der Waals surface area contributed by atoms with Gasteiger partial charge in [0.1, 0.15) is 0 Å². The summed E-state index contributed by atoms with van der Waals surface area (Å²) >= 11 is 1.83. The van der Waals surface area contributed by atoms with Gasteiger partial charge in [0.25, 0.3) is 3.79 Å². The monoisotopic (exact) mass is 332 g/mol. The number of carbonyl (C=O) groups is 1. The number of hydrogen-bond acceptors (Lipinski definition) is 1. The zero-order valence-corrected chi connectivity index (χ0v) is 7.24. The first kappa shape index (κ1) is 7.99. The second-order valence-electron chi connectivity index (χ2n) is 0.771. The van der Waals surface area contributed by atoms with Gasteiger partial charge in [-0.1, -0.05) is 0 Å². The number of hydrogen-bond donors (Lipinski definition) is 0. The summed E-state index contributed by atoms with van der Waals surface area (Å²) in [6, 6.07) is 0. The van der Waals surface area contributed by atoms with Crippen LogP contribution >= 0.6 is 45.2 Å². The molecule has 0 aliphatic carbocycles. The molecular formula is C2F2I2O. The second-order valence-corrected chi connectivity index (χ2v) is 3.11. The van der Waals surface area contributed by atoms with E-state index in [2.05, 4.69) is 0 Å². The van der Waals surface area contributed by atoms with E-state index in [-0.39, 0.29) is 0 Å². The minimum atomic E-state index is -3.18. The molecule has 0 bridgehead atoms. The van der Waals surface area contributed by atoms with Crippen LogP contribution in [0.15, 0.2) is 0 Å². The molecule has 0 aromatic heterocycles. The van der Waals surface area contributed by atoms with Crippen molar-refractivity contribution in [2.75, 3.05) is 0 Å². The third kappa shape index (κ3) is 3.56. The molecule has 0 atom stereocenters. The van der Waals surface area contributed by atoms with E-state index in [9.17, 15) is 13.6 Å². The third-order valence-electron chi connectivity index (χ3n) is 0.223. The van der Waals surface area contributed by atoms with Crippen LogP contribution in [0.5, 0.6) is 0 Å². The fourth-order valence-electron chi connectivity index (χ4n) is 0. The highest BCUT2D eigenvalue weighted by molar-refractivity contribution is 14.1. The van der Waals surface area contributed by atoms with E-state index < -0.39 is 7.72 Å². The predicted molar refractivity (Wildman–Crippen MR) is 38.0 cm³/mol. The molecule has 0 aromatic rings. The van der Waals surface area contributed by atoms with Crippen LogP contribution in [0.25, 0.3) is 0 Å². The Morgan fingerprint density at radius 3 is 1.71 bits per heavy atom. The van der Waals surface area contributed by atoms with Crippen LogP contribution in [0, 0.1) is 0 Å². The Morgan fingerprint density at radius 1 is 1.57 bits per heavy atom. The highest BCUT2D eigenvalue weighted by Gasteiger charge is 2.31. The quantitative estimate of drug-likeness (QED) is 0.408. The van der Waals surface area contributed by atoms with Crippen molar-refractivity contribution in [2.45, 2.75) is 3.93 Å². The van der Waals surface area contributed by atoms with E-state index in [1.165, 1.54) is 0 Å². The molecule has 0 rings (SSSR count). The summed E-state index contributed by atoms with van der Waals surface area (Å²) in [4.78, 5) is 9.69. The highest BCUT2D eigenvalue weighted by atomic mass is 127. The van der Waals surface area contributed by atoms with Crippen molar-refractivity contribution in [2.24, 2.45) is 0 Å². The molecule has 0 fully saturated rings. The molecular weight excluding hydrogens is 332 g/mol. The maximum absolute atomic E-state index is 11.5. The Morgan fingerprint density at radius 2 is 1.71 bits per heavy atom. The van der Waals surface area contributed by atoms with E-state index >= 15 is 0 Å². The number of carbonyl (C=O) groups excluding carboxylic acids is 1. The van der Waals surface area contributed by atoms with Crippen LogP contribution in [0.3, 0.4) is 0 Å². The Labute approximate surface area is 66.1 Å². The summed E-state index contributed by atoms with van der Waals surface area (Å²) in [5.74, 6) is 0. The summed E-state index contributed by atoms with van der Waals surface area (Å²) in [6.45, 7) is 0. The predicted octanol–water partition coefficient (Wildman–Crippen LogP) is 1.98. The van der Waals surface area contributed by atoms with Crippen molar-refractivity contribution in [3.63, 3.8) is 0 Å². The van der Waals surface area contributed by atoms with Crippen molar-refractivity contribution < 1.29 is 13.6 Å². The van der Waals surface area contributed by atoms with Gasteiger partial charge in [-0.2, -0.15) is 8.78 Å². The summed E-state index contributed by atoms with van der Waals surface area (Å²) in [5, 5.41) is 0. The van der Waals surface area contributed by atoms with E-state index in [0.29, 0.717) is 0 Å². The van der Waals surface area contributed by atoms with Gasteiger partial charge in [-0.15, -0.1) is 0 Å². The first-order chi connectivity index (χ1) is 2.94. The lowest BCUT2D eigenvalue weighted by Gasteiger charge is -1.96. The molecule has 0 aromatic carbocycles. The molecule has 0 aliphatic heterocycles. The standard InChI is InChI=1S/C2F2I2O/c3-2(4,6)1(5)7. The van der Waals surface area contributed by atoms with Crippen LogP contribution in [0.4, 0.5) is 8.78 Å². The van der Waals surface area contributed by atoms with Gasteiger partial charge in [0, 0.05) is 45.2 Å². The summed E-state index contributed by atoms with van der Waals surface area (Å²) in [7, 11) is 0. The lowest BCUT2D eigenvalue weighted by molar-refractivity contribution is -0.119. The molecule has 0 saturated carbocycles. The van der Waals surface area contributed by atoms with Crippen LogP contribution in [0.2, 0.25) is 0 Å². The molecule has 0 radical (unpaired) electrons. The molecule has 0 spiro atoms. The minimum Gasteiger partial charge on any atom is -0.280 e. The molecule has 0 unspecified atom stereocenters. The van der Waals surface area contributed by atoms with Crippen LogP contribution in [-0.2, 0) is 4.79 Å². The Bertz CT molecular complexity index is 86.2. The molecule has 7 heavy (non-hydrogen) atoms. The molecule has 0 saturated heterocycles. The number of alkyl halides is 3. The molecule has 42 valence electrons. The topological polar surface area (TPSA) is 17.1 Å². The van der Waals surface area contributed by atoms with Crippen LogP contribution in [0.1, 0.15) is 0 Å². The Hall–Kier alpha value is 0.990. The van der Waals surface area contributed by atoms with E-state index in [1.54, 1.807) is 0 Å². The largest absolute Gasteiger partial charge is 0.362 e. The molecule has 0 aliphatic rings. The van der Waals surface area contributed by atoms with Gasteiger partial charge in [-0.25, -0.2) is 0 Å². The zero-order valence-electron chi connectivity index (χ0n) is 2.92. The third-order valence-corrected chi connectivity index (χ3v) is 2.42. The number of halogens is 4. The van der Waals surface area contributed by atoms with Gasteiger partial charge < -0.3 is 0 Å². The molecule has 0 amide bonds. The normalized spacial score (nSPS) is 11.4. The maximum Gasteiger partial charge on any atom is 0.362 e. The van der Waals surface area contributed by atoms with Crippen molar-refractivity contribution in [3.05, 3.63) is 0 Å². The lowest BCUT2D eigenvalue weighted by atomic mass is 10.8. The first-order valence-electron chi connectivity index (χ1n) is 1.21. The van der Waals surface area contributed by atoms with Gasteiger partial charge in [-0.05, 0) is 0 Å². The fraction of sp³-hybridized carbons (Fsp3) is 0.500. The van der Waals surface area contributed by atoms with Gasteiger partial charge in [-0.3, -0.25) is 4.79 Å². The van der Waals surface area contributed by atoms with Crippen molar-refractivity contribution in [1.29, 1.82) is 0 Å². The molecule has 5 heteroatoms. The van der Waals surface area contributed by atoms with E-state index in [1.807, 2.05) is 0 Å². The lowest BCUT2D eigenvalue weighted by Crippen LogP contribution is -2.12. The van der Waals surface area contributed by atoms with Crippen molar-refractivity contribution in [1.82, 2.24) is 0 Å². The minimum absolute atomic E-state index is 0.776. The average molecular weight is 332 g/mol. The average Bonchev–Trinajstić information content (AvgIpc) is 1.31. The summed E-state index contributed by atoms with van der Waals surface area (Å²) < 4.78 is 18.6. The van der Waals surface area contributed by atoms with Crippen LogP contribution in [-0.4, -0.2) is 7.72 Å². The Kier molecular flexibility index (Phi) is 2.87. The summed E-state index contributed by atoms with van der Waals surface area (Å²) in [5.41, 5.74) is 0. The van der Waals surface area contributed by atoms with E-state index in [0.717, 1.165) is 45.2 Å². The summed E-state index contributed by atoms with van der Waals surface area (Å²) in [6.07, 6.45) is 0. The van der Waals surface area contributed by atoms with Crippen molar-refractivity contribution >= 4 is 49.0 Å². The van der Waals surface area contributed by atoms with Crippen LogP contribution < -0.4 is 0 Å². The van der Waals surface area contributed by atoms with Gasteiger partial charge in [0.2, 0.25) is 0 Å². The van der Waals surface area contributed by atoms with Gasteiger partial charge >= 0.3 is 3.93 Å². The smallest absolute Gasteiger partial charge is 0.280 e. The van der Waals surface area contributed by atoms with Gasteiger partial charge in [0.15, 0.2) is 0 Å². The number of rotatable bonds is 1. The fourth-order valence-corrected chi connectivity index (χ4v) is 0. The maximum atomic E-state index is 11.5. The SMILES string of the molecule is O=C(I)C(F)(F)I. The van der Waals surface area contributed by atoms with Crippen molar-refractivity contribution in [3.8, 4) is 0 Å².